The van der Waals surface area contributed by atoms with Crippen LogP contribution in [0.4, 0.5) is 0 Å². The van der Waals surface area contributed by atoms with Crippen LogP contribution < -0.4 is 0 Å². The van der Waals surface area contributed by atoms with Gasteiger partial charge in [-0.3, -0.25) is 4.79 Å². The molecular weight excluding hydrogens is 316 g/mol. The molecule has 0 bridgehead atoms. The van der Waals surface area contributed by atoms with Gasteiger partial charge in [-0.15, -0.1) is 5.10 Å². The Labute approximate surface area is 145 Å². The molecule has 128 valence electrons. The van der Waals surface area contributed by atoms with Gasteiger partial charge in [0.25, 0.3) is 0 Å². The predicted molar refractivity (Wildman–Crippen MR) is 91.8 cm³/mol. The zero-order chi connectivity index (χ0) is 16.8. The monoisotopic (exact) mass is 336 g/mol. The number of carbonyl (C=O) groups excluding carboxylic acids is 1. The number of amides is 1. The van der Waals surface area contributed by atoms with Crippen LogP contribution in [0.2, 0.25) is 0 Å². The van der Waals surface area contributed by atoms with E-state index in [2.05, 4.69) is 38.7 Å². The number of para-hydroxylation sites is 1. The maximum atomic E-state index is 13.2. The molecule has 2 aliphatic heterocycles. The van der Waals surface area contributed by atoms with E-state index in [1.807, 2.05) is 11.0 Å². The van der Waals surface area contributed by atoms with Gasteiger partial charge in [0.1, 0.15) is 0 Å². The van der Waals surface area contributed by atoms with Gasteiger partial charge in [-0.25, -0.2) is 4.68 Å². The molecule has 1 amide bonds. The molecule has 1 aromatic carbocycles. The van der Waals surface area contributed by atoms with Crippen molar-refractivity contribution >= 4 is 16.8 Å². The van der Waals surface area contributed by atoms with E-state index in [9.17, 15) is 4.79 Å². The highest BCUT2D eigenvalue weighted by atomic mass is 16.2. The van der Waals surface area contributed by atoms with Crippen molar-refractivity contribution in [1.82, 2.24) is 30.1 Å². The number of carbonyl (C=O) groups is 1. The lowest BCUT2D eigenvalue weighted by molar-refractivity contribution is -0.134. The quantitative estimate of drug-likeness (QED) is 0.737. The summed E-state index contributed by atoms with van der Waals surface area (Å²) in [6.45, 7) is 2.20. The van der Waals surface area contributed by atoms with Gasteiger partial charge in [0.05, 0.1) is 12.5 Å². The number of aromatic amines is 1. The second-order valence-electron chi connectivity index (χ2n) is 6.95. The number of aryl methyl sites for hydroxylation is 1. The Balaban J connectivity index is 1.44. The van der Waals surface area contributed by atoms with E-state index in [0.29, 0.717) is 6.54 Å². The number of aromatic nitrogens is 5. The fourth-order valence-corrected chi connectivity index (χ4v) is 4.19. The van der Waals surface area contributed by atoms with Crippen LogP contribution in [0.5, 0.6) is 0 Å². The van der Waals surface area contributed by atoms with Crippen LogP contribution in [0.25, 0.3) is 10.9 Å². The van der Waals surface area contributed by atoms with Crippen LogP contribution in [-0.2, 0) is 24.3 Å². The van der Waals surface area contributed by atoms with E-state index in [4.69, 9.17) is 0 Å². The molecule has 1 atom stereocenters. The third-order valence-corrected chi connectivity index (χ3v) is 5.48. The first-order valence-corrected chi connectivity index (χ1v) is 8.94. The van der Waals surface area contributed by atoms with Crippen molar-refractivity contribution in [2.45, 2.75) is 44.7 Å². The van der Waals surface area contributed by atoms with E-state index in [0.717, 1.165) is 55.8 Å². The Kier molecular flexibility index (Phi) is 3.33. The van der Waals surface area contributed by atoms with Crippen molar-refractivity contribution in [2.75, 3.05) is 6.54 Å². The zero-order valence-corrected chi connectivity index (χ0v) is 14.0. The Bertz CT molecular complexity index is 942. The maximum Gasteiger partial charge on any atom is 0.233 e. The molecule has 5 rings (SSSR count). The number of rotatable bonds is 1. The molecule has 25 heavy (non-hydrogen) atoms. The van der Waals surface area contributed by atoms with Crippen molar-refractivity contribution in [2.24, 2.45) is 0 Å². The van der Waals surface area contributed by atoms with E-state index in [-0.39, 0.29) is 11.8 Å². The first kappa shape index (κ1) is 14.6. The van der Waals surface area contributed by atoms with Crippen LogP contribution in [-0.4, -0.2) is 42.5 Å². The molecule has 0 unspecified atom stereocenters. The molecule has 0 fully saturated rings. The van der Waals surface area contributed by atoms with Gasteiger partial charge in [-0.2, -0.15) is 0 Å². The summed E-state index contributed by atoms with van der Waals surface area (Å²) in [5.74, 6) is 0.663. The van der Waals surface area contributed by atoms with Crippen molar-refractivity contribution < 1.29 is 4.79 Å². The van der Waals surface area contributed by atoms with Gasteiger partial charge < -0.3 is 9.88 Å². The normalized spacial score (nSPS) is 20.2. The summed E-state index contributed by atoms with van der Waals surface area (Å²) in [5.41, 5.74) is 3.67. The van der Waals surface area contributed by atoms with Crippen LogP contribution >= 0.6 is 0 Å². The molecule has 0 aliphatic carbocycles. The molecule has 7 heteroatoms. The molecule has 0 spiro atoms. The van der Waals surface area contributed by atoms with Crippen molar-refractivity contribution in [3.05, 3.63) is 41.3 Å². The first-order chi connectivity index (χ1) is 12.3. The Morgan fingerprint density at radius 2 is 2.12 bits per heavy atom. The summed E-state index contributed by atoms with van der Waals surface area (Å²) in [5, 5.41) is 13.2. The minimum atomic E-state index is -0.219. The third kappa shape index (κ3) is 2.33. The summed E-state index contributed by atoms with van der Waals surface area (Å²) in [7, 11) is 0. The molecule has 1 N–H and O–H groups in total. The van der Waals surface area contributed by atoms with Gasteiger partial charge in [0.2, 0.25) is 5.91 Å². The topological polar surface area (TPSA) is 79.7 Å². The van der Waals surface area contributed by atoms with E-state index in [1.54, 1.807) is 4.68 Å². The van der Waals surface area contributed by atoms with E-state index in [1.165, 1.54) is 10.9 Å². The minimum absolute atomic E-state index is 0.155. The van der Waals surface area contributed by atoms with Crippen molar-refractivity contribution in [3.8, 4) is 0 Å². The van der Waals surface area contributed by atoms with Gasteiger partial charge in [0, 0.05) is 29.7 Å². The fraction of sp³-hybridized carbons (Fsp3) is 0.444. The number of nitrogens with one attached hydrogen (secondary N) is 1. The largest absolute Gasteiger partial charge is 0.357 e. The first-order valence-electron chi connectivity index (χ1n) is 8.94. The standard InChI is InChI=1S/C18H20N6O/c25-18(14-6-3-4-9-24-17(14)20-21-22-24)23-10-8-13-12-5-1-2-7-15(12)19-16(13)11-23/h1-2,5,7,14,19H,3-4,6,8-11H2/t14-/m1/s1. The summed E-state index contributed by atoms with van der Waals surface area (Å²) >= 11 is 0. The van der Waals surface area contributed by atoms with E-state index >= 15 is 0 Å². The Morgan fingerprint density at radius 3 is 3.08 bits per heavy atom. The van der Waals surface area contributed by atoms with Crippen molar-refractivity contribution in [3.63, 3.8) is 0 Å². The lowest BCUT2D eigenvalue weighted by Gasteiger charge is -2.29. The summed E-state index contributed by atoms with van der Waals surface area (Å²) in [6, 6.07) is 8.36. The highest BCUT2D eigenvalue weighted by Crippen LogP contribution is 2.31. The predicted octanol–water partition coefficient (Wildman–Crippen LogP) is 2.01. The lowest BCUT2D eigenvalue weighted by atomic mass is 9.98. The molecule has 4 heterocycles. The third-order valence-electron chi connectivity index (χ3n) is 5.48. The lowest BCUT2D eigenvalue weighted by Crippen LogP contribution is -2.39. The minimum Gasteiger partial charge on any atom is -0.357 e. The zero-order valence-electron chi connectivity index (χ0n) is 14.0. The summed E-state index contributed by atoms with van der Waals surface area (Å²) in [6.07, 6.45) is 3.76. The maximum absolute atomic E-state index is 13.2. The van der Waals surface area contributed by atoms with Gasteiger partial charge in [-0.1, -0.05) is 24.6 Å². The average Bonchev–Trinajstić information content (AvgIpc) is 3.20. The van der Waals surface area contributed by atoms with Gasteiger partial charge in [-0.05, 0) is 41.3 Å². The van der Waals surface area contributed by atoms with Crippen LogP contribution in [0.1, 0.15) is 42.3 Å². The number of tetrazole rings is 1. The molecule has 0 saturated carbocycles. The molecule has 7 nitrogen and oxygen atoms in total. The van der Waals surface area contributed by atoms with Crippen LogP contribution in [0, 0.1) is 0 Å². The second-order valence-corrected chi connectivity index (χ2v) is 6.95. The molecule has 3 aromatic rings. The van der Waals surface area contributed by atoms with Crippen LogP contribution in [0.3, 0.4) is 0 Å². The van der Waals surface area contributed by atoms with Gasteiger partial charge >= 0.3 is 0 Å². The molecule has 2 aromatic heterocycles. The SMILES string of the molecule is O=C([C@@H]1CCCCn2nnnc21)N1CCc2c([nH]c3ccccc23)C1. The fourth-order valence-electron chi connectivity index (χ4n) is 4.19. The number of benzene rings is 1. The number of fused-ring (bicyclic) bond motifs is 4. The Morgan fingerprint density at radius 1 is 1.20 bits per heavy atom. The molecule has 2 aliphatic rings. The number of hydrogen-bond acceptors (Lipinski definition) is 4. The highest BCUT2D eigenvalue weighted by molar-refractivity contribution is 5.87. The summed E-state index contributed by atoms with van der Waals surface area (Å²) in [4.78, 5) is 18.7. The van der Waals surface area contributed by atoms with Crippen molar-refractivity contribution in [1.29, 1.82) is 0 Å². The smallest absolute Gasteiger partial charge is 0.233 e. The molecule has 0 radical (unpaired) electrons. The van der Waals surface area contributed by atoms with Crippen LogP contribution in [0.15, 0.2) is 24.3 Å². The van der Waals surface area contributed by atoms with Gasteiger partial charge in [0.15, 0.2) is 5.82 Å². The summed E-state index contributed by atoms with van der Waals surface area (Å²) < 4.78 is 1.80. The number of H-pyrrole nitrogens is 1. The average molecular weight is 336 g/mol. The van der Waals surface area contributed by atoms with E-state index < -0.39 is 0 Å². The second kappa shape index (κ2) is 5.68. The Hall–Kier alpha value is -2.70. The molecule has 0 saturated heterocycles. The highest BCUT2D eigenvalue weighted by Gasteiger charge is 2.33. The number of nitrogens with zero attached hydrogens (tertiary/aromatic N) is 5. The number of hydrogen-bond donors (Lipinski definition) is 1. The molecular formula is C18H20N6O.